The average Bonchev–Trinajstić information content (AvgIpc) is 3.55. The van der Waals surface area contributed by atoms with Crippen LogP contribution in [0.5, 0.6) is 0 Å². The first-order chi connectivity index (χ1) is 27.7. The number of benzene rings is 7. The molecular weight excluding hydrogens is 697 g/mol. The van der Waals surface area contributed by atoms with Crippen LogP contribution < -0.4 is 4.90 Å². The van der Waals surface area contributed by atoms with Crippen molar-refractivity contribution < 1.29 is 0 Å². The van der Waals surface area contributed by atoms with E-state index in [0.717, 1.165) is 36.3 Å². The molecule has 1 aliphatic carbocycles. The first-order valence-corrected chi connectivity index (χ1v) is 20.6. The fraction of sp³-hybridized carbons (Fsp3) is 0.113. The molecule has 0 amide bonds. The maximum absolute atomic E-state index is 5.68. The van der Waals surface area contributed by atoms with Crippen molar-refractivity contribution in [1.29, 1.82) is 0 Å². The SMILES string of the molecule is CC1C(C2=CC=CCC2)=CCC(c2ccccc2-c2cccc3sc4cc(N(c5ccccc5)c5cccc6ccccc56)ccc4c23)=NC1c1ccccc1. The van der Waals surface area contributed by atoms with Crippen LogP contribution in [0.15, 0.2) is 204 Å². The zero-order valence-corrected chi connectivity index (χ0v) is 32.3. The average molecular weight is 739 g/mol. The third-order valence-electron chi connectivity index (χ3n) is 11.6. The van der Waals surface area contributed by atoms with Crippen molar-refractivity contribution in [1.82, 2.24) is 0 Å². The zero-order valence-electron chi connectivity index (χ0n) is 31.5. The Kier molecular flexibility index (Phi) is 9.01. The van der Waals surface area contributed by atoms with Gasteiger partial charge in [0.15, 0.2) is 0 Å². The number of nitrogens with zero attached hydrogens (tertiary/aromatic N) is 2. The molecule has 0 fully saturated rings. The maximum atomic E-state index is 5.68. The summed E-state index contributed by atoms with van der Waals surface area (Å²) < 4.78 is 2.56. The molecule has 0 saturated carbocycles. The number of anilines is 3. The summed E-state index contributed by atoms with van der Waals surface area (Å²) in [6.45, 7) is 2.37. The van der Waals surface area contributed by atoms with Crippen molar-refractivity contribution in [3.63, 3.8) is 0 Å². The van der Waals surface area contributed by atoms with E-state index in [-0.39, 0.29) is 12.0 Å². The number of aliphatic imine (C=N–C) groups is 1. The number of hydrogen-bond donors (Lipinski definition) is 0. The standard InChI is InChI=1S/C53H42N2S/c1-36-42(37-17-5-2-6-18-37)33-34-48(54-53(36)39-20-7-3-8-21-39)45-27-14-13-26-44(45)46-28-16-30-50-52(46)47-32-31-41(35-51(47)56-50)55(40-23-9-4-10-24-40)49-29-15-22-38-19-11-12-25-43(38)49/h2-5,7-17,19-33,35-36,53H,6,18,34H2,1H3. The highest BCUT2D eigenvalue weighted by Gasteiger charge is 2.28. The lowest BCUT2D eigenvalue weighted by atomic mass is 9.82. The molecule has 2 atom stereocenters. The molecule has 0 N–H and O–H groups in total. The highest BCUT2D eigenvalue weighted by molar-refractivity contribution is 7.26. The largest absolute Gasteiger partial charge is 0.310 e. The maximum Gasteiger partial charge on any atom is 0.0818 e. The van der Waals surface area contributed by atoms with Gasteiger partial charge in [-0.15, -0.1) is 11.3 Å². The Morgan fingerprint density at radius 2 is 1.36 bits per heavy atom. The van der Waals surface area contributed by atoms with Crippen LogP contribution in [0.4, 0.5) is 17.1 Å². The second-order valence-corrected chi connectivity index (χ2v) is 16.0. The third-order valence-corrected chi connectivity index (χ3v) is 12.7. The molecule has 0 saturated heterocycles. The van der Waals surface area contributed by atoms with Gasteiger partial charge in [0.2, 0.25) is 0 Å². The van der Waals surface area contributed by atoms with Crippen molar-refractivity contribution in [2.24, 2.45) is 10.9 Å². The number of hydrogen-bond acceptors (Lipinski definition) is 3. The van der Waals surface area contributed by atoms with Crippen LogP contribution in [0.3, 0.4) is 0 Å². The van der Waals surface area contributed by atoms with Crippen LogP contribution in [0.25, 0.3) is 42.1 Å². The highest BCUT2D eigenvalue weighted by atomic mass is 32.1. The Hall–Kier alpha value is -6.29. The number of fused-ring (bicyclic) bond motifs is 4. The number of rotatable bonds is 7. The summed E-state index contributed by atoms with van der Waals surface area (Å²) in [6, 6.07) is 59.7. The minimum absolute atomic E-state index is 0.0327. The predicted molar refractivity (Wildman–Crippen MR) is 241 cm³/mol. The van der Waals surface area contributed by atoms with E-state index >= 15 is 0 Å². The van der Waals surface area contributed by atoms with Crippen molar-refractivity contribution >= 4 is 65.1 Å². The molecular formula is C53H42N2S. The molecule has 2 nitrogen and oxygen atoms in total. The molecule has 8 aromatic rings. The molecule has 7 aromatic carbocycles. The minimum atomic E-state index is 0.0327. The van der Waals surface area contributed by atoms with Gasteiger partial charge < -0.3 is 4.90 Å². The molecule has 56 heavy (non-hydrogen) atoms. The van der Waals surface area contributed by atoms with Gasteiger partial charge in [-0.3, -0.25) is 4.99 Å². The fourth-order valence-corrected chi connectivity index (χ4v) is 10.1. The van der Waals surface area contributed by atoms with Gasteiger partial charge in [0.1, 0.15) is 0 Å². The summed E-state index contributed by atoms with van der Waals surface area (Å²) >= 11 is 1.88. The monoisotopic (exact) mass is 738 g/mol. The molecule has 10 rings (SSSR count). The van der Waals surface area contributed by atoms with Gasteiger partial charge in [-0.2, -0.15) is 0 Å². The lowest BCUT2D eigenvalue weighted by Gasteiger charge is -2.27. The second kappa shape index (κ2) is 14.7. The van der Waals surface area contributed by atoms with E-state index in [9.17, 15) is 0 Å². The normalized spacial score (nSPS) is 17.1. The lowest BCUT2D eigenvalue weighted by molar-refractivity contribution is 0.545. The molecule has 1 aromatic heterocycles. The molecule has 0 bridgehead atoms. The zero-order chi connectivity index (χ0) is 37.4. The summed E-state index contributed by atoms with van der Waals surface area (Å²) in [5, 5.41) is 5.05. The summed E-state index contributed by atoms with van der Waals surface area (Å²) in [5.74, 6) is 0.266. The Balaban J connectivity index is 1.11. The lowest BCUT2D eigenvalue weighted by Crippen LogP contribution is -2.13. The van der Waals surface area contributed by atoms with Crippen molar-refractivity contribution in [2.75, 3.05) is 4.90 Å². The summed E-state index contributed by atoms with van der Waals surface area (Å²) in [6.07, 6.45) is 12.3. The van der Waals surface area contributed by atoms with Crippen LogP contribution in [-0.2, 0) is 0 Å². The van der Waals surface area contributed by atoms with Crippen LogP contribution in [0, 0.1) is 5.92 Å². The van der Waals surface area contributed by atoms with E-state index in [1.165, 1.54) is 70.0 Å². The first kappa shape index (κ1) is 34.2. The van der Waals surface area contributed by atoms with E-state index in [2.05, 4.69) is 200 Å². The van der Waals surface area contributed by atoms with Gasteiger partial charge >= 0.3 is 0 Å². The minimum Gasteiger partial charge on any atom is -0.310 e. The number of allylic oxidation sites excluding steroid dienone is 5. The molecule has 1 aliphatic heterocycles. The third kappa shape index (κ3) is 6.19. The molecule has 270 valence electrons. The molecule has 0 spiro atoms. The molecule has 2 aliphatic rings. The summed E-state index contributed by atoms with van der Waals surface area (Å²) in [7, 11) is 0. The molecule has 2 unspecified atom stereocenters. The molecule has 2 heterocycles. The van der Waals surface area contributed by atoms with E-state index in [4.69, 9.17) is 4.99 Å². The van der Waals surface area contributed by atoms with E-state index in [1.807, 2.05) is 11.3 Å². The Labute approximate surface area is 333 Å². The van der Waals surface area contributed by atoms with Gasteiger partial charge in [-0.05, 0) is 82.5 Å². The van der Waals surface area contributed by atoms with Gasteiger partial charge in [-0.1, -0.05) is 159 Å². The van der Waals surface area contributed by atoms with Crippen LogP contribution in [-0.4, -0.2) is 5.71 Å². The van der Waals surface area contributed by atoms with E-state index in [1.54, 1.807) is 0 Å². The van der Waals surface area contributed by atoms with Crippen molar-refractivity contribution in [3.05, 3.63) is 210 Å². The van der Waals surface area contributed by atoms with Crippen LogP contribution in [0.1, 0.15) is 43.4 Å². The summed E-state index contributed by atoms with van der Waals surface area (Å²) in [5.41, 5.74) is 12.5. The van der Waals surface area contributed by atoms with Crippen molar-refractivity contribution in [2.45, 2.75) is 32.2 Å². The first-order valence-electron chi connectivity index (χ1n) is 19.8. The quantitative estimate of drug-likeness (QED) is 0.159. The highest BCUT2D eigenvalue weighted by Crippen LogP contribution is 2.46. The fourth-order valence-electron chi connectivity index (χ4n) is 8.91. The van der Waals surface area contributed by atoms with E-state index in [0.29, 0.717) is 0 Å². The number of para-hydroxylation sites is 1. The van der Waals surface area contributed by atoms with E-state index < -0.39 is 0 Å². The van der Waals surface area contributed by atoms with Crippen molar-refractivity contribution in [3.8, 4) is 11.1 Å². The summed E-state index contributed by atoms with van der Waals surface area (Å²) in [4.78, 5) is 8.09. The van der Waals surface area contributed by atoms with Crippen LogP contribution >= 0.6 is 11.3 Å². The Morgan fingerprint density at radius 1 is 0.625 bits per heavy atom. The molecule has 3 heteroatoms. The van der Waals surface area contributed by atoms with Gasteiger partial charge in [-0.25, -0.2) is 0 Å². The Morgan fingerprint density at radius 3 is 2.20 bits per heavy atom. The van der Waals surface area contributed by atoms with Gasteiger partial charge in [0.05, 0.1) is 11.7 Å². The second-order valence-electron chi connectivity index (χ2n) is 14.9. The predicted octanol–water partition coefficient (Wildman–Crippen LogP) is 15.1. The topological polar surface area (TPSA) is 15.6 Å². The Bertz CT molecular complexity index is 2850. The number of thiophene rings is 1. The van der Waals surface area contributed by atoms with Crippen LogP contribution in [0.2, 0.25) is 0 Å². The molecule has 0 radical (unpaired) electrons. The van der Waals surface area contributed by atoms with Gasteiger partial charge in [0.25, 0.3) is 0 Å². The smallest absolute Gasteiger partial charge is 0.0818 e. The van der Waals surface area contributed by atoms with Gasteiger partial charge in [0, 0.05) is 60.5 Å².